The molecule has 0 fully saturated rings. The van der Waals surface area contributed by atoms with Crippen LogP contribution in [-0.2, 0) is 16.0 Å². The Morgan fingerprint density at radius 2 is 2.00 bits per heavy atom. The molecule has 0 radical (unpaired) electrons. The third-order valence-corrected chi connectivity index (χ3v) is 2.41. The third-order valence-electron chi connectivity index (χ3n) is 2.41. The quantitative estimate of drug-likeness (QED) is 0.644. The first-order valence-electron chi connectivity index (χ1n) is 6.12. The molecule has 0 saturated heterocycles. The van der Waals surface area contributed by atoms with Crippen LogP contribution in [0.15, 0.2) is 24.3 Å². The maximum atomic E-state index is 10.7. The van der Waals surface area contributed by atoms with Gasteiger partial charge in [0.25, 0.3) is 0 Å². The van der Waals surface area contributed by atoms with E-state index in [1.807, 2.05) is 24.3 Å². The summed E-state index contributed by atoms with van der Waals surface area (Å²) < 4.78 is 10.3. The van der Waals surface area contributed by atoms with Crippen LogP contribution in [0.4, 0.5) is 0 Å². The van der Waals surface area contributed by atoms with Crippen LogP contribution in [0, 0.1) is 11.8 Å². The maximum Gasteiger partial charge on any atom is 0.302 e. The predicted molar refractivity (Wildman–Crippen MR) is 80.9 cm³/mol. The minimum atomic E-state index is -0.309. The molecule has 0 aliphatic heterocycles. The van der Waals surface area contributed by atoms with Crippen LogP contribution in [0.5, 0.6) is 5.75 Å². The lowest BCUT2D eigenvalue weighted by Gasteiger charge is -2.11. The maximum absolute atomic E-state index is 10.7. The molecule has 0 amide bonds. The minimum Gasteiger partial charge on any atom is -0.481 e. The summed E-state index contributed by atoms with van der Waals surface area (Å²) in [7, 11) is 0. The summed E-state index contributed by atoms with van der Waals surface area (Å²) in [6.45, 7) is 3.77. The average Bonchev–Trinajstić information content (AvgIpc) is 2.39. The normalized spacial score (nSPS) is 10.6. The first-order chi connectivity index (χ1) is 9.11. The van der Waals surface area contributed by atoms with E-state index in [0.717, 1.165) is 11.3 Å². The Labute approximate surface area is 126 Å². The summed E-state index contributed by atoms with van der Waals surface area (Å²) in [6, 6.07) is 7.46. The lowest BCUT2D eigenvalue weighted by molar-refractivity contribution is -0.141. The van der Waals surface area contributed by atoms with Gasteiger partial charge in [0, 0.05) is 13.0 Å². The molecule has 20 heavy (non-hydrogen) atoms. The second kappa shape index (κ2) is 10.1. The molecule has 0 heterocycles. The zero-order valence-corrected chi connectivity index (χ0v) is 12.5. The number of halogens is 1. The summed E-state index contributed by atoms with van der Waals surface area (Å²) >= 11 is 0. The fraction of sp³-hybridized carbons (Fsp3) is 0.400. The highest BCUT2D eigenvalue weighted by Gasteiger charge is 2.06. The van der Waals surface area contributed by atoms with Gasteiger partial charge in [-0.3, -0.25) is 4.79 Å². The Morgan fingerprint density at radius 1 is 1.35 bits per heavy atom. The van der Waals surface area contributed by atoms with Crippen LogP contribution in [-0.4, -0.2) is 25.2 Å². The monoisotopic (exact) mass is 297 g/mol. The Kier molecular flexibility index (Phi) is 9.27. The van der Waals surface area contributed by atoms with Crippen LogP contribution < -0.4 is 10.5 Å². The highest BCUT2D eigenvalue weighted by molar-refractivity contribution is 5.85. The molecule has 0 spiro atoms. The molecule has 1 rings (SSSR count). The molecule has 1 aromatic carbocycles. The molecule has 0 saturated carbocycles. The van der Waals surface area contributed by atoms with Crippen molar-refractivity contribution < 1.29 is 14.3 Å². The number of carbonyl (C=O) groups excluding carboxylic acids is 1. The number of ether oxygens (including phenoxy) is 2. The van der Waals surface area contributed by atoms with Crippen LogP contribution in [0.1, 0.15) is 19.4 Å². The molecule has 2 N–H and O–H groups in total. The molecule has 0 aliphatic carbocycles. The van der Waals surface area contributed by atoms with Gasteiger partial charge in [0.05, 0.1) is 0 Å². The number of esters is 1. The second-order valence-electron chi connectivity index (χ2n) is 4.13. The van der Waals surface area contributed by atoms with E-state index in [1.165, 1.54) is 6.92 Å². The summed E-state index contributed by atoms with van der Waals surface area (Å²) in [5.74, 6) is 6.06. The van der Waals surface area contributed by atoms with E-state index in [1.54, 1.807) is 6.92 Å². The first-order valence-corrected chi connectivity index (χ1v) is 6.12. The average molecular weight is 298 g/mol. The van der Waals surface area contributed by atoms with Gasteiger partial charge in [0.2, 0.25) is 0 Å². The number of carbonyl (C=O) groups is 1. The lowest BCUT2D eigenvalue weighted by Crippen LogP contribution is -2.29. The Morgan fingerprint density at radius 3 is 2.55 bits per heavy atom. The lowest BCUT2D eigenvalue weighted by atomic mass is 10.1. The molecule has 5 heteroatoms. The van der Waals surface area contributed by atoms with Crippen molar-refractivity contribution in [2.75, 3.05) is 13.2 Å². The van der Waals surface area contributed by atoms with Gasteiger partial charge in [-0.2, -0.15) is 0 Å². The fourth-order valence-electron chi connectivity index (χ4n) is 1.50. The number of benzene rings is 1. The van der Waals surface area contributed by atoms with Crippen molar-refractivity contribution in [1.82, 2.24) is 0 Å². The van der Waals surface area contributed by atoms with Gasteiger partial charge in [-0.25, -0.2) is 0 Å². The van der Waals surface area contributed by atoms with Crippen molar-refractivity contribution in [1.29, 1.82) is 0 Å². The third kappa shape index (κ3) is 7.67. The molecule has 1 atom stereocenters. The van der Waals surface area contributed by atoms with Crippen molar-refractivity contribution in [3.05, 3.63) is 29.8 Å². The predicted octanol–water partition coefficient (Wildman–Crippen LogP) is 1.94. The zero-order chi connectivity index (χ0) is 14.1. The van der Waals surface area contributed by atoms with E-state index >= 15 is 0 Å². The molecule has 110 valence electrons. The number of rotatable bonds is 6. The molecule has 0 unspecified atom stereocenters. The largest absolute Gasteiger partial charge is 0.481 e. The summed E-state index contributed by atoms with van der Waals surface area (Å²) in [6.07, 6.45) is 0.655. The zero-order valence-electron chi connectivity index (χ0n) is 11.7. The first kappa shape index (κ1) is 18.3. The highest BCUT2D eigenvalue weighted by Crippen LogP contribution is 2.13. The number of hydrogen-bond donors (Lipinski definition) is 1. The molecular weight excluding hydrogens is 278 g/mol. The smallest absolute Gasteiger partial charge is 0.302 e. The Bertz CT molecular complexity index is 462. The van der Waals surface area contributed by atoms with Gasteiger partial charge in [0.1, 0.15) is 19.0 Å². The van der Waals surface area contributed by atoms with Gasteiger partial charge < -0.3 is 15.2 Å². The van der Waals surface area contributed by atoms with Crippen molar-refractivity contribution in [3.8, 4) is 17.6 Å². The van der Waals surface area contributed by atoms with E-state index in [-0.39, 0.29) is 31.0 Å². The van der Waals surface area contributed by atoms with Gasteiger partial charge in [-0.15, -0.1) is 18.3 Å². The van der Waals surface area contributed by atoms with Gasteiger partial charge >= 0.3 is 5.97 Å². The van der Waals surface area contributed by atoms with E-state index in [2.05, 4.69) is 11.8 Å². The van der Waals surface area contributed by atoms with Crippen LogP contribution in [0.3, 0.4) is 0 Å². The van der Waals surface area contributed by atoms with Crippen LogP contribution in [0.2, 0.25) is 0 Å². The van der Waals surface area contributed by atoms with Crippen molar-refractivity contribution in [2.45, 2.75) is 26.3 Å². The van der Waals surface area contributed by atoms with Crippen molar-refractivity contribution in [3.63, 3.8) is 0 Å². The van der Waals surface area contributed by atoms with E-state index < -0.39 is 0 Å². The number of hydrogen-bond acceptors (Lipinski definition) is 4. The topological polar surface area (TPSA) is 61.6 Å². The van der Waals surface area contributed by atoms with E-state index in [0.29, 0.717) is 13.0 Å². The summed E-state index contributed by atoms with van der Waals surface area (Å²) in [5, 5.41) is 0. The van der Waals surface area contributed by atoms with Gasteiger partial charge in [-0.05, 0) is 31.0 Å². The SMILES string of the molecule is CC#CCOc1ccc(C[C@H](N)COC(C)=O)cc1.Cl. The van der Waals surface area contributed by atoms with Crippen molar-refractivity contribution >= 4 is 18.4 Å². The highest BCUT2D eigenvalue weighted by atomic mass is 35.5. The fourth-order valence-corrected chi connectivity index (χ4v) is 1.50. The molecular formula is C15H20ClNO3. The second-order valence-corrected chi connectivity index (χ2v) is 4.13. The van der Waals surface area contributed by atoms with Gasteiger partial charge in [0.15, 0.2) is 0 Å². The number of nitrogens with two attached hydrogens (primary N) is 1. The molecule has 0 aliphatic rings. The molecule has 4 nitrogen and oxygen atoms in total. The van der Waals surface area contributed by atoms with Crippen LogP contribution >= 0.6 is 12.4 Å². The van der Waals surface area contributed by atoms with Gasteiger partial charge in [-0.1, -0.05) is 18.1 Å². The Hall–Kier alpha value is -1.70. The standard InChI is InChI=1S/C15H19NO3.ClH/c1-3-4-9-18-15-7-5-13(6-8-15)10-14(16)11-19-12(2)17;/h5-8,14H,9-11,16H2,1-2H3;1H/t14-;/m0./s1. The van der Waals surface area contributed by atoms with E-state index in [9.17, 15) is 4.79 Å². The van der Waals surface area contributed by atoms with Crippen LogP contribution in [0.25, 0.3) is 0 Å². The summed E-state index contributed by atoms with van der Waals surface area (Å²) in [4.78, 5) is 10.7. The van der Waals surface area contributed by atoms with E-state index in [4.69, 9.17) is 15.2 Å². The molecule has 0 aromatic heterocycles. The summed E-state index contributed by atoms with van der Waals surface area (Å²) in [5.41, 5.74) is 6.94. The molecule has 0 bridgehead atoms. The molecule has 1 aromatic rings. The minimum absolute atomic E-state index is 0. The Balaban J connectivity index is 0.00000361. The van der Waals surface area contributed by atoms with Crippen molar-refractivity contribution in [2.24, 2.45) is 5.73 Å².